The van der Waals surface area contributed by atoms with Gasteiger partial charge in [0.05, 0.1) is 10.5 Å². The van der Waals surface area contributed by atoms with Gasteiger partial charge in [0.1, 0.15) is 0 Å². The summed E-state index contributed by atoms with van der Waals surface area (Å²) in [7, 11) is -1.75. The number of hydrogen-bond donors (Lipinski definition) is 0. The van der Waals surface area contributed by atoms with Gasteiger partial charge in [-0.05, 0) is 25.1 Å². The number of aryl methyl sites for hydroxylation is 1. The standard InChI is InChI=1S/C23H25N3O5S/c1-17(31-23(28)20-16-24(2)21-11-7-6-10-19(20)21)22(27)25-12-14-26(15-13-25)32(29,30)18-8-4-3-5-9-18/h3-11,16-17H,12-15H2,1-2H3. The fourth-order valence-electron chi connectivity index (χ4n) is 3.93. The molecule has 3 aromatic rings. The third-order valence-electron chi connectivity index (χ3n) is 5.68. The number of fused-ring (bicyclic) bond motifs is 1. The number of piperazine rings is 1. The highest BCUT2D eigenvalue weighted by atomic mass is 32.2. The molecule has 2 heterocycles. The molecule has 32 heavy (non-hydrogen) atoms. The molecule has 4 rings (SSSR count). The van der Waals surface area contributed by atoms with Crippen LogP contribution in [0.25, 0.3) is 10.9 Å². The van der Waals surface area contributed by atoms with Crippen molar-refractivity contribution >= 4 is 32.8 Å². The molecule has 0 radical (unpaired) electrons. The normalized spacial score (nSPS) is 16.1. The summed E-state index contributed by atoms with van der Waals surface area (Å²) in [6, 6.07) is 15.7. The van der Waals surface area contributed by atoms with E-state index < -0.39 is 22.1 Å². The molecule has 0 aliphatic carbocycles. The molecule has 9 heteroatoms. The van der Waals surface area contributed by atoms with E-state index in [1.807, 2.05) is 35.9 Å². The van der Waals surface area contributed by atoms with Gasteiger partial charge in [-0.1, -0.05) is 36.4 Å². The molecule has 1 fully saturated rings. The maximum Gasteiger partial charge on any atom is 0.341 e. The number of amides is 1. The van der Waals surface area contributed by atoms with E-state index in [1.54, 1.807) is 43.5 Å². The van der Waals surface area contributed by atoms with E-state index in [0.717, 1.165) is 10.9 Å². The van der Waals surface area contributed by atoms with Crippen molar-refractivity contribution in [3.63, 3.8) is 0 Å². The lowest BCUT2D eigenvalue weighted by molar-refractivity contribution is -0.141. The van der Waals surface area contributed by atoms with Crippen LogP contribution in [0.3, 0.4) is 0 Å². The third-order valence-corrected chi connectivity index (χ3v) is 7.59. The molecule has 0 saturated carbocycles. The average molecular weight is 456 g/mol. The molecule has 1 unspecified atom stereocenters. The molecule has 1 saturated heterocycles. The Hall–Kier alpha value is -3.17. The Kier molecular flexibility index (Phi) is 6.03. The van der Waals surface area contributed by atoms with Crippen LogP contribution in [0.1, 0.15) is 17.3 Å². The molecule has 0 spiro atoms. The summed E-state index contributed by atoms with van der Waals surface area (Å²) in [4.78, 5) is 27.3. The maximum absolute atomic E-state index is 12.8. The van der Waals surface area contributed by atoms with Crippen molar-refractivity contribution in [2.45, 2.75) is 17.9 Å². The Bertz CT molecular complexity index is 1250. The average Bonchev–Trinajstić information content (AvgIpc) is 3.16. The predicted octanol–water partition coefficient (Wildman–Crippen LogP) is 2.26. The molecular formula is C23H25N3O5S. The van der Waals surface area contributed by atoms with E-state index >= 15 is 0 Å². The largest absolute Gasteiger partial charge is 0.449 e. The number of rotatable bonds is 5. The van der Waals surface area contributed by atoms with E-state index in [0.29, 0.717) is 5.56 Å². The minimum Gasteiger partial charge on any atom is -0.449 e. The first kappa shape index (κ1) is 22.0. The fourth-order valence-corrected chi connectivity index (χ4v) is 5.37. The van der Waals surface area contributed by atoms with E-state index in [1.165, 1.54) is 9.21 Å². The fraction of sp³-hybridized carbons (Fsp3) is 0.304. The van der Waals surface area contributed by atoms with Crippen molar-refractivity contribution in [2.24, 2.45) is 7.05 Å². The van der Waals surface area contributed by atoms with Crippen molar-refractivity contribution < 1.29 is 22.7 Å². The van der Waals surface area contributed by atoms with Gasteiger partial charge in [0, 0.05) is 50.3 Å². The summed E-state index contributed by atoms with van der Waals surface area (Å²) >= 11 is 0. The predicted molar refractivity (Wildman–Crippen MR) is 120 cm³/mol. The third kappa shape index (κ3) is 4.13. The highest BCUT2D eigenvalue weighted by Gasteiger charge is 2.32. The first-order chi connectivity index (χ1) is 15.3. The Labute approximate surface area is 187 Å². The maximum atomic E-state index is 12.8. The molecule has 1 aliphatic heterocycles. The number of sulfonamides is 1. The molecule has 168 valence electrons. The van der Waals surface area contributed by atoms with Crippen molar-refractivity contribution in [1.29, 1.82) is 0 Å². The minimum atomic E-state index is -3.60. The summed E-state index contributed by atoms with van der Waals surface area (Å²) in [6.45, 7) is 2.39. The van der Waals surface area contributed by atoms with Gasteiger partial charge < -0.3 is 14.2 Å². The highest BCUT2D eigenvalue weighted by Crippen LogP contribution is 2.22. The van der Waals surface area contributed by atoms with E-state index in [9.17, 15) is 18.0 Å². The van der Waals surface area contributed by atoms with Crippen LogP contribution in [0.15, 0.2) is 65.7 Å². The van der Waals surface area contributed by atoms with E-state index in [-0.39, 0.29) is 37.0 Å². The topological polar surface area (TPSA) is 88.9 Å². The second-order valence-electron chi connectivity index (χ2n) is 7.76. The quantitative estimate of drug-likeness (QED) is 0.551. The van der Waals surface area contributed by atoms with Crippen LogP contribution >= 0.6 is 0 Å². The monoisotopic (exact) mass is 455 g/mol. The van der Waals surface area contributed by atoms with E-state index in [4.69, 9.17) is 4.74 Å². The Morgan fingerprint density at radius 2 is 1.56 bits per heavy atom. The second-order valence-corrected chi connectivity index (χ2v) is 9.70. The zero-order valence-electron chi connectivity index (χ0n) is 18.0. The number of aromatic nitrogens is 1. The Morgan fingerprint density at radius 3 is 2.25 bits per heavy atom. The van der Waals surface area contributed by atoms with Crippen LogP contribution in [0.5, 0.6) is 0 Å². The molecule has 0 bridgehead atoms. The van der Waals surface area contributed by atoms with Crippen molar-refractivity contribution in [3.05, 3.63) is 66.4 Å². The van der Waals surface area contributed by atoms with Crippen LogP contribution in [0.4, 0.5) is 0 Å². The smallest absolute Gasteiger partial charge is 0.341 e. The zero-order valence-corrected chi connectivity index (χ0v) is 18.8. The molecular weight excluding hydrogens is 430 g/mol. The van der Waals surface area contributed by atoms with Crippen LogP contribution in [0, 0.1) is 0 Å². The summed E-state index contributed by atoms with van der Waals surface area (Å²) in [5, 5.41) is 0.763. The van der Waals surface area contributed by atoms with Crippen LogP contribution < -0.4 is 0 Å². The van der Waals surface area contributed by atoms with Crippen LogP contribution in [0.2, 0.25) is 0 Å². The SMILES string of the molecule is CC(OC(=O)c1cn(C)c2ccccc12)C(=O)N1CCN(S(=O)(=O)c2ccccc2)CC1. The molecule has 1 aliphatic rings. The van der Waals surface area contributed by atoms with Crippen molar-refractivity contribution in [1.82, 2.24) is 13.8 Å². The molecule has 0 N–H and O–H groups in total. The lowest BCUT2D eigenvalue weighted by Crippen LogP contribution is -2.52. The summed E-state index contributed by atoms with van der Waals surface area (Å²) < 4.78 is 34.2. The lowest BCUT2D eigenvalue weighted by Gasteiger charge is -2.35. The van der Waals surface area contributed by atoms with Gasteiger partial charge in [-0.2, -0.15) is 4.31 Å². The summed E-state index contributed by atoms with van der Waals surface area (Å²) in [5.74, 6) is -0.900. The van der Waals surface area contributed by atoms with Gasteiger partial charge in [-0.25, -0.2) is 13.2 Å². The zero-order chi connectivity index (χ0) is 22.9. The number of nitrogens with zero attached hydrogens (tertiary/aromatic N) is 3. The summed E-state index contributed by atoms with van der Waals surface area (Å²) in [6.07, 6.45) is 0.718. The number of carbonyl (C=O) groups excluding carboxylic acids is 2. The number of ether oxygens (including phenoxy) is 1. The molecule has 8 nitrogen and oxygen atoms in total. The van der Waals surface area contributed by atoms with Gasteiger partial charge >= 0.3 is 5.97 Å². The van der Waals surface area contributed by atoms with Crippen molar-refractivity contribution in [3.8, 4) is 0 Å². The second kappa shape index (κ2) is 8.76. The number of hydrogen-bond acceptors (Lipinski definition) is 5. The highest BCUT2D eigenvalue weighted by molar-refractivity contribution is 7.89. The van der Waals surface area contributed by atoms with Gasteiger partial charge in [-0.3, -0.25) is 4.79 Å². The molecule has 1 amide bonds. The number of benzene rings is 2. The Morgan fingerprint density at radius 1 is 0.938 bits per heavy atom. The lowest BCUT2D eigenvalue weighted by atomic mass is 10.2. The van der Waals surface area contributed by atoms with Crippen LogP contribution in [-0.2, 0) is 26.6 Å². The van der Waals surface area contributed by atoms with Gasteiger partial charge in [0.2, 0.25) is 10.0 Å². The van der Waals surface area contributed by atoms with E-state index in [2.05, 4.69) is 0 Å². The van der Waals surface area contributed by atoms with Crippen LogP contribution in [-0.4, -0.2) is 66.3 Å². The number of esters is 1. The first-order valence-electron chi connectivity index (χ1n) is 10.4. The molecule has 1 aromatic heterocycles. The molecule has 2 aromatic carbocycles. The summed E-state index contributed by atoms with van der Waals surface area (Å²) in [5.41, 5.74) is 1.30. The molecule has 1 atom stereocenters. The minimum absolute atomic E-state index is 0.187. The van der Waals surface area contributed by atoms with Gasteiger partial charge in [0.25, 0.3) is 5.91 Å². The van der Waals surface area contributed by atoms with Gasteiger partial charge in [0.15, 0.2) is 6.10 Å². The number of carbonyl (C=O) groups is 2. The first-order valence-corrected chi connectivity index (χ1v) is 11.8. The van der Waals surface area contributed by atoms with Crippen molar-refractivity contribution in [2.75, 3.05) is 26.2 Å². The Balaban J connectivity index is 1.38. The number of para-hydroxylation sites is 1. The van der Waals surface area contributed by atoms with Gasteiger partial charge in [-0.15, -0.1) is 0 Å².